The fourth-order valence-electron chi connectivity index (χ4n) is 4.36. The van der Waals surface area contributed by atoms with Crippen molar-refractivity contribution in [3.8, 4) is 0 Å². The van der Waals surface area contributed by atoms with Gasteiger partial charge in [0.1, 0.15) is 0 Å². The number of ether oxygens (including phenoxy) is 1. The first-order valence-electron chi connectivity index (χ1n) is 8.95. The number of hydrogen-bond donors (Lipinski definition) is 0. The lowest BCUT2D eigenvalue weighted by Gasteiger charge is -2.39. The van der Waals surface area contributed by atoms with Crippen LogP contribution in [0.15, 0.2) is 22.8 Å². The fourth-order valence-corrected chi connectivity index (χ4v) is 4.36. The van der Waals surface area contributed by atoms with Crippen LogP contribution in [0, 0.1) is 11.8 Å². The van der Waals surface area contributed by atoms with Gasteiger partial charge in [-0.15, -0.1) is 0 Å². The van der Waals surface area contributed by atoms with E-state index in [0.29, 0.717) is 31.4 Å². The van der Waals surface area contributed by atoms with Gasteiger partial charge in [-0.25, -0.2) is 0 Å². The summed E-state index contributed by atoms with van der Waals surface area (Å²) in [7, 11) is 0. The number of carbonyl (C=O) groups excluding carboxylic acids is 2. The Kier molecular flexibility index (Phi) is 4.31. The van der Waals surface area contributed by atoms with Gasteiger partial charge in [0.15, 0.2) is 5.76 Å². The molecule has 0 aliphatic carbocycles. The topological polar surface area (TPSA) is 63.0 Å². The maximum atomic E-state index is 12.9. The number of fused-ring (bicyclic) bond motifs is 1. The molecule has 6 nitrogen and oxygen atoms in total. The van der Waals surface area contributed by atoms with E-state index in [1.165, 1.54) is 6.26 Å². The number of rotatable bonds is 2. The Morgan fingerprint density at radius 1 is 1.12 bits per heavy atom. The van der Waals surface area contributed by atoms with Crippen LogP contribution in [0.2, 0.25) is 0 Å². The van der Waals surface area contributed by atoms with Crippen molar-refractivity contribution in [1.82, 2.24) is 9.80 Å². The second kappa shape index (κ2) is 6.59. The highest BCUT2D eigenvalue weighted by molar-refractivity contribution is 5.91. The van der Waals surface area contributed by atoms with E-state index >= 15 is 0 Å². The van der Waals surface area contributed by atoms with Gasteiger partial charge in [-0.2, -0.15) is 0 Å². The average Bonchev–Trinajstić information content (AvgIpc) is 3.30. The summed E-state index contributed by atoms with van der Waals surface area (Å²) < 4.78 is 10.6. The van der Waals surface area contributed by atoms with Crippen LogP contribution in [0.25, 0.3) is 0 Å². The van der Waals surface area contributed by atoms with Crippen LogP contribution in [-0.4, -0.2) is 60.5 Å². The Labute approximate surface area is 141 Å². The zero-order chi connectivity index (χ0) is 16.5. The molecular formula is C18H24N2O4. The number of likely N-dealkylation sites (tertiary alicyclic amines) is 2. The lowest BCUT2D eigenvalue weighted by molar-refractivity contribution is -0.142. The molecule has 130 valence electrons. The Bertz CT molecular complexity index is 594. The van der Waals surface area contributed by atoms with E-state index in [1.54, 1.807) is 12.1 Å². The third-order valence-electron chi connectivity index (χ3n) is 5.65. The minimum Gasteiger partial charge on any atom is -0.459 e. The second-order valence-electron chi connectivity index (χ2n) is 7.08. The Morgan fingerprint density at radius 2 is 1.96 bits per heavy atom. The first-order chi connectivity index (χ1) is 11.7. The minimum atomic E-state index is -0.0622. The molecule has 3 aliphatic rings. The number of nitrogens with zero attached hydrogens (tertiary/aromatic N) is 2. The predicted octanol–water partition coefficient (Wildman–Crippen LogP) is 1.77. The maximum absolute atomic E-state index is 12.9. The SMILES string of the molecule is O=C(c1ccco1)N1C[C@H]2CCCN(C(=O)C3CCOCC3)[C@H]2C1. The van der Waals surface area contributed by atoms with Gasteiger partial charge in [0.25, 0.3) is 5.91 Å². The standard InChI is InChI=1S/C18H24N2O4/c21-17(13-5-9-23-10-6-13)20-7-1-3-14-11-19(12-15(14)20)18(22)16-4-2-8-24-16/h2,4,8,13-15H,1,3,5-7,9-12H2/t14-,15+/m1/s1. The Balaban J connectivity index is 1.46. The van der Waals surface area contributed by atoms with Crippen LogP contribution in [0.4, 0.5) is 0 Å². The number of piperidine rings is 1. The smallest absolute Gasteiger partial charge is 0.289 e. The van der Waals surface area contributed by atoms with E-state index in [1.807, 2.05) is 4.90 Å². The van der Waals surface area contributed by atoms with Crippen LogP contribution in [-0.2, 0) is 9.53 Å². The summed E-state index contributed by atoms with van der Waals surface area (Å²) in [6.07, 6.45) is 5.28. The zero-order valence-corrected chi connectivity index (χ0v) is 13.9. The molecule has 0 spiro atoms. The van der Waals surface area contributed by atoms with E-state index < -0.39 is 0 Å². The lowest BCUT2D eigenvalue weighted by atomic mass is 9.89. The van der Waals surface area contributed by atoms with Gasteiger partial charge in [0.05, 0.1) is 12.3 Å². The first-order valence-corrected chi connectivity index (χ1v) is 8.95. The highest BCUT2D eigenvalue weighted by atomic mass is 16.5. The van der Waals surface area contributed by atoms with Gasteiger partial charge < -0.3 is 19.0 Å². The highest BCUT2D eigenvalue weighted by Gasteiger charge is 2.44. The van der Waals surface area contributed by atoms with Crippen molar-refractivity contribution < 1.29 is 18.7 Å². The summed E-state index contributed by atoms with van der Waals surface area (Å²) in [5, 5.41) is 0. The molecule has 3 aliphatic heterocycles. The van der Waals surface area contributed by atoms with Crippen molar-refractivity contribution >= 4 is 11.8 Å². The summed E-state index contributed by atoms with van der Waals surface area (Å²) in [5.41, 5.74) is 0. The van der Waals surface area contributed by atoms with Crippen LogP contribution < -0.4 is 0 Å². The van der Waals surface area contributed by atoms with Crippen LogP contribution >= 0.6 is 0 Å². The quantitative estimate of drug-likeness (QED) is 0.828. The number of furan rings is 1. The molecule has 24 heavy (non-hydrogen) atoms. The Hall–Kier alpha value is -1.82. The molecule has 4 heterocycles. The van der Waals surface area contributed by atoms with E-state index in [9.17, 15) is 9.59 Å². The van der Waals surface area contributed by atoms with Gasteiger partial charge in [0.2, 0.25) is 5.91 Å². The summed E-state index contributed by atoms with van der Waals surface area (Å²) in [5.74, 6) is 1.07. The van der Waals surface area contributed by atoms with Crippen molar-refractivity contribution in [3.63, 3.8) is 0 Å². The first kappa shape index (κ1) is 15.7. The van der Waals surface area contributed by atoms with Crippen LogP contribution in [0.5, 0.6) is 0 Å². The van der Waals surface area contributed by atoms with Crippen LogP contribution in [0.1, 0.15) is 36.2 Å². The zero-order valence-electron chi connectivity index (χ0n) is 13.9. The molecule has 0 bridgehead atoms. The van der Waals surface area contributed by atoms with Gasteiger partial charge in [-0.05, 0) is 43.7 Å². The monoisotopic (exact) mass is 332 g/mol. The molecule has 0 radical (unpaired) electrons. The van der Waals surface area contributed by atoms with Crippen molar-refractivity contribution in [1.29, 1.82) is 0 Å². The molecule has 2 amide bonds. The molecule has 0 unspecified atom stereocenters. The maximum Gasteiger partial charge on any atom is 0.289 e. The normalized spacial score (nSPS) is 28.0. The molecular weight excluding hydrogens is 308 g/mol. The highest BCUT2D eigenvalue weighted by Crippen LogP contribution is 2.33. The van der Waals surface area contributed by atoms with Gasteiger partial charge in [-0.1, -0.05) is 0 Å². The molecule has 1 aromatic heterocycles. The van der Waals surface area contributed by atoms with E-state index in [2.05, 4.69) is 4.90 Å². The Morgan fingerprint density at radius 3 is 2.71 bits per heavy atom. The van der Waals surface area contributed by atoms with Gasteiger partial charge >= 0.3 is 0 Å². The van der Waals surface area contributed by atoms with Crippen molar-refractivity contribution in [2.24, 2.45) is 11.8 Å². The summed E-state index contributed by atoms with van der Waals surface area (Å²) in [6.45, 7) is 3.53. The molecule has 0 saturated carbocycles. The summed E-state index contributed by atoms with van der Waals surface area (Å²) >= 11 is 0. The molecule has 6 heteroatoms. The van der Waals surface area contributed by atoms with Crippen molar-refractivity contribution in [2.45, 2.75) is 31.7 Å². The summed E-state index contributed by atoms with van der Waals surface area (Å²) in [4.78, 5) is 29.4. The van der Waals surface area contributed by atoms with E-state index in [-0.39, 0.29) is 23.8 Å². The van der Waals surface area contributed by atoms with Crippen molar-refractivity contribution in [2.75, 3.05) is 32.8 Å². The fraction of sp³-hybridized carbons (Fsp3) is 0.667. The predicted molar refractivity (Wildman–Crippen MR) is 86.4 cm³/mol. The number of amides is 2. The lowest BCUT2D eigenvalue weighted by Crippen LogP contribution is -2.51. The molecule has 0 N–H and O–H groups in total. The van der Waals surface area contributed by atoms with Gasteiger partial charge in [-0.3, -0.25) is 9.59 Å². The molecule has 0 aromatic carbocycles. The van der Waals surface area contributed by atoms with E-state index in [0.717, 1.165) is 38.8 Å². The van der Waals surface area contributed by atoms with E-state index in [4.69, 9.17) is 9.15 Å². The average molecular weight is 332 g/mol. The van der Waals surface area contributed by atoms with Gasteiger partial charge in [0, 0.05) is 38.8 Å². The minimum absolute atomic E-state index is 0.0622. The number of hydrogen-bond acceptors (Lipinski definition) is 4. The third-order valence-corrected chi connectivity index (χ3v) is 5.65. The molecule has 3 saturated heterocycles. The molecule has 3 fully saturated rings. The molecule has 2 atom stereocenters. The third kappa shape index (κ3) is 2.83. The van der Waals surface area contributed by atoms with Crippen molar-refractivity contribution in [3.05, 3.63) is 24.2 Å². The summed E-state index contributed by atoms with van der Waals surface area (Å²) in [6, 6.07) is 3.60. The number of carbonyl (C=O) groups is 2. The largest absolute Gasteiger partial charge is 0.459 e. The van der Waals surface area contributed by atoms with Crippen LogP contribution in [0.3, 0.4) is 0 Å². The molecule has 1 aromatic rings. The second-order valence-corrected chi connectivity index (χ2v) is 7.08. The molecule has 4 rings (SSSR count).